The van der Waals surface area contributed by atoms with Gasteiger partial charge in [0.25, 0.3) is 0 Å². The molecule has 0 saturated carbocycles. The molecule has 0 aliphatic carbocycles. The van der Waals surface area contributed by atoms with Crippen LogP contribution >= 0.6 is 0 Å². The normalized spacial score (nSPS) is 10.4. The standard InChI is InChI=1S/C13H19NSi/c1-5-14-13-8-6-12(7-9-13)10-11-15(2,3)4/h6-9,14H,5H2,1-4H3. The number of anilines is 1. The van der Waals surface area contributed by atoms with Gasteiger partial charge in [0.05, 0.1) is 0 Å². The van der Waals surface area contributed by atoms with E-state index >= 15 is 0 Å². The minimum Gasteiger partial charge on any atom is -0.385 e. The highest BCUT2D eigenvalue weighted by Gasteiger charge is 2.07. The van der Waals surface area contributed by atoms with Crippen LogP contribution < -0.4 is 5.32 Å². The van der Waals surface area contributed by atoms with Gasteiger partial charge in [0.15, 0.2) is 0 Å². The van der Waals surface area contributed by atoms with Gasteiger partial charge < -0.3 is 5.32 Å². The highest BCUT2D eigenvalue weighted by Crippen LogP contribution is 2.08. The molecule has 0 aliphatic heterocycles. The molecule has 0 unspecified atom stereocenters. The first-order valence-electron chi connectivity index (χ1n) is 5.38. The van der Waals surface area contributed by atoms with E-state index in [1.54, 1.807) is 0 Å². The number of benzene rings is 1. The minimum atomic E-state index is -1.25. The summed E-state index contributed by atoms with van der Waals surface area (Å²) in [6, 6.07) is 8.31. The van der Waals surface area contributed by atoms with Crippen molar-refractivity contribution >= 4 is 13.8 Å². The van der Waals surface area contributed by atoms with E-state index in [1.807, 2.05) is 0 Å². The van der Waals surface area contributed by atoms with Gasteiger partial charge in [-0.05, 0) is 31.2 Å². The average Bonchev–Trinajstić information content (AvgIpc) is 2.16. The summed E-state index contributed by atoms with van der Waals surface area (Å²) < 4.78 is 0. The third kappa shape index (κ3) is 4.71. The van der Waals surface area contributed by atoms with Gasteiger partial charge in [-0.1, -0.05) is 25.6 Å². The summed E-state index contributed by atoms with van der Waals surface area (Å²) >= 11 is 0. The van der Waals surface area contributed by atoms with Crippen LogP contribution in [0.2, 0.25) is 19.6 Å². The van der Waals surface area contributed by atoms with Gasteiger partial charge in [0.1, 0.15) is 8.07 Å². The maximum Gasteiger partial charge on any atom is 0.129 e. The molecule has 0 radical (unpaired) electrons. The lowest BCUT2D eigenvalue weighted by atomic mass is 10.2. The number of nitrogens with one attached hydrogen (secondary N) is 1. The minimum absolute atomic E-state index is 0.958. The molecule has 1 N–H and O–H groups in total. The molecule has 2 heteroatoms. The Morgan fingerprint density at radius 3 is 2.20 bits per heavy atom. The smallest absolute Gasteiger partial charge is 0.129 e. The molecule has 15 heavy (non-hydrogen) atoms. The Morgan fingerprint density at radius 2 is 1.73 bits per heavy atom. The van der Waals surface area contributed by atoms with E-state index in [0.29, 0.717) is 0 Å². The van der Waals surface area contributed by atoms with Crippen molar-refractivity contribution in [3.05, 3.63) is 29.8 Å². The van der Waals surface area contributed by atoms with Crippen molar-refractivity contribution in [2.45, 2.75) is 26.6 Å². The Morgan fingerprint density at radius 1 is 1.13 bits per heavy atom. The summed E-state index contributed by atoms with van der Waals surface area (Å²) in [6.45, 7) is 9.83. The van der Waals surface area contributed by atoms with Gasteiger partial charge >= 0.3 is 0 Å². The van der Waals surface area contributed by atoms with Gasteiger partial charge in [-0.3, -0.25) is 0 Å². The Balaban J connectivity index is 2.75. The van der Waals surface area contributed by atoms with E-state index in [0.717, 1.165) is 17.8 Å². The van der Waals surface area contributed by atoms with Crippen molar-refractivity contribution in [1.82, 2.24) is 0 Å². The SMILES string of the molecule is CCNc1ccc(C#C[Si](C)(C)C)cc1. The molecule has 0 heterocycles. The molecule has 0 fully saturated rings. The van der Waals surface area contributed by atoms with Crippen molar-refractivity contribution in [2.75, 3.05) is 11.9 Å². The Kier molecular flexibility index (Phi) is 3.99. The van der Waals surface area contributed by atoms with Gasteiger partial charge in [-0.25, -0.2) is 0 Å². The lowest BCUT2D eigenvalue weighted by Crippen LogP contribution is -2.16. The van der Waals surface area contributed by atoms with Crippen molar-refractivity contribution in [3.8, 4) is 11.5 Å². The van der Waals surface area contributed by atoms with E-state index in [4.69, 9.17) is 0 Å². The first-order chi connectivity index (χ1) is 7.01. The van der Waals surface area contributed by atoms with Crippen LogP contribution in [0.4, 0.5) is 5.69 Å². The molecule has 0 atom stereocenters. The maximum atomic E-state index is 3.36. The molecule has 0 amide bonds. The number of hydrogen-bond donors (Lipinski definition) is 1. The van der Waals surface area contributed by atoms with E-state index in [9.17, 15) is 0 Å². The summed E-state index contributed by atoms with van der Waals surface area (Å²) in [7, 11) is -1.25. The summed E-state index contributed by atoms with van der Waals surface area (Å²) in [6.07, 6.45) is 0. The molecule has 1 nitrogen and oxygen atoms in total. The summed E-state index contributed by atoms with van der Waals surface area (Å²) in [5, 5.41) is 3.27. The van der Waals surface area contributed by atoms with Crippen LogP contribution in [0.1, 0.15) is 12.5 Å². The summed E-state index contributed by atoms with van der Waals surface area (Å²) in [5.41, 5.74) is 5.63. The topological polar surface area (TPSA) is 12.0 Å². The van der Waals surface area contributed by atoms with E-state index in [-0.39, 0.29) is 0 Å². The lowest BCUT2D eigenvalue weighted by Gasteiger charge is -2.04. The molecule has 1 aromatic rings. The quantitative estimate of drug-likeness (QED) is 0.592. The van der Waals surface area contributed by atoms with Gasteiger partial charge in [-0.15, -0.1) is 5.54 Å². The molecule has 0 saturated heterocycles. The van der Waals surface area contributed by atoms with Gasteiger partial charge in [-0.2, -0.15) is 0 Å². The molecule has 0 aliphatic rings. The summed E-state index contributed by atoms with van der Waals surface area (Å²) in [4.78, 5) is 0. The summed E-state index contributed by atoms with van der Waals surface area (Å²) in [5.74, 6) is 3.24. The molecule has 80 valence electrons. The number of hydrogen-bond acceptors (Lipinski definition) is 1. The zero-order chi connectivity index (χ0) is 11.3. The van der Waals surface area contributed by atoms with Crippen molar-refractivity contribution in [3.63, 3.8) is 0 Å². The second-order valence-electron chi connectivity index (χ2n) is 4.61. The highest BCUT2D eigenvalue weighted by molar-refractivity contribution is 6.83. The molecule has 0 bridgehead atoms. The molecule has 0 spiro atoms. The van der Waals surface area contributed by atoms with Crippen molar-refractivity contribution in [1.29, 1.82) is 0 Å². The first kappa shape index (κ1) is 11.9. The molecular formula is C13H19NSi. The van der Waals surface area contributed by atoms with Crippen LogP contribution in [0, 0.1) is 11.5 Å². The first-order valence-corrected chi connectivity index (χ1v) is 8.88. The van der Waals surface area contributed by atoms with Crippen LogP contribution in [0.25, 0.3) is 0 Å². The van der Waals surface area contributed by atoms with E-state index in [1.165, 1.54) is 0 Å². The molecular weight excluding hydrogens is 198 g/mol. The zero-order valence-corrected chi connectivity index (χ0v) is 11.0. The lowest BCUT2D eigenvalue weighted by molar-refractivity contribution is 1.21. The third-order valence-electron chi connectivity index (χ3n) is 1.85. The maximum absolute atomic E-state index is 3.36. The van der Waals surface area contributed by atoms with Crippen molar-refractivity contribution < 1.29 is 0 Å². The highest BCUT2D eigenvalue weighted by atomic mass is 28.3. The fourth-order valence-electron chi connectivity index (χ4n) is 1.14. The largest absolute Gasteiger partial charge is 0.385 e. The Labute approximate surface area is 93.9 Å². The van der Waals surface area contributed by atoms with E-state index in [2.05, 4.69) is 67.6 Å². The fraction of sp³-hybridized carbons (Fsp3) is 0.385. The predicted octanol–water partition coefficient (Wildman–Crippen LogP) is 3.35. The fourth-order valence-corrected chi connectivity index (χ4v) is 1.65. The predicted molar refractivity (Wildman–Crippen MR) is 70.8 cm³/mol. The van der Waals surface area contributed by atoms with Crippen LogP contribution in [0.3, 0.4) is 0 Å². The van der Waals surface area contributed by atoms with Crippen LogP contribution in [-0.2, 0) is 0 Å². The van der Waals surface area contributed by atoms with Crippen LogP contribution in [0.15, 0.2) is 24.3 Å². The average molecular weight is 217 g/mol. The van der Waals surface area contributed by atoms with Crippen LogP contribution in [-0.4, -0.2) is 14.6 Å². The number of rotatable bonds is 2. The second-order valence-corrected chi connectivity index (χ2v) is 9.36. The van der Waals surface area contributed by atoms with Gasteiger partial charge in [0, 0.05) is 17.8 Å². The Bertz CT molecular complexity index is 362. The Hall–Kier alpha value is -1.20. The molecule has 0 aromatic heterocycles. The third-order valence-corrected chi connectivity index (χ3v) is 2.72. The molecule has 1 rings (SSSR count). The monoisotopic (exact) mass is 217 g/mol. The second kappa shape index (κ2) is 5.04. The zero-order valence-electron chi connectivity index (χ0n) is 10.0. The van der Waals surface area contributed by atoms with E-state index < -0.39 is 8.07 Å². The van der Waals surface area contributed by atoms with Gasteiger partial charge in [0.2, 0.25) is 0 Å². The van der Waals surface area contributed by atoms with Crippen LogP contribution in [0.5, 0.6) is 0 Å². The molecule has 1 aromatic carbocycles. The van der Waals surface area contributed by atoms with Crippen molar-refractivity contribution in [2.24, 2.45) is 0 Å².